The van der Waals surface area contributed by atoms with Gasteiger partial charge in [0.15, 0.2) is 0 Å². The van der Waals surface area contributed by atoms with Crippen molar-refractivity contribution >= 4 is 5.91 Å². The molecular formula is C14H18FN5O. The summed E-state index contributed by atoms with van der Waals surface area (Å²) in [5.74, 6) is -0.407. The van der Waals surface area contributed by atoms with E-state index in [1.807, 2.05) is 6.92 Å². The van der Waals surface area contributed by atoms with Gasteiger partial charge >= 0.3 is 0 Å². The van der Waals surface area contributed by atoms with Crippen molar-refractivity contribution in [3.63, 3.8) is 0 Å². The molecule has 1 heterocycles. The summed E-state index contributed by atoms with van der Waals surface area (Å²) in [7, 11) is 0. The Hall–Kier alpha value is -2.28. The minimum absolute atomic E-state index is 0.0934. The van der Waals surface area contributed by atoms with Crippen LogP contribution in [0, 0.1) is 5.82 Å². The van der Waals surface area contributed by atoms with Crippen molar-refractivity contribution < 1.29 is 9.18 Å². The van der Waals surface area contributed by atoms with Crippen molar-refractivity contribution in [2.75, 3.05) is 6.54 Å². The first-order chi connectivity index (χ1) is 10.1. The Morgan fingerprint density at radius 2 is 2.29 bits per heavy atom. The Kier molecular flexibility index (Phi) is 4.99. The predicted molar refractivity (Wildman–Crippen MR) is 75.4 cm³/mol. The Bertz CT molecular complexity index is 613. The number of hydrogen-bond acceptors (Lipinski definition) is 4. The fourth-order valence-electron chi connectivity index (χ4n) is 1.98. The zero-order valence-electron chi connectivity index (χ0n) is 11.9. The molecule has 112 valence electrons. The lowest BCUT2D eigenvalue weighted by atomic mass is 10.2. The molecule has 1 aromatic heterocycles. The van der Waals surface area contributed by atoms with Gasteiger partial charge in [-0.3, -0.25) is 4.79 Å². The van der Waals surface area contributed by atoms with Crippen LogP contribution in [0.5, 0.6) is 0 Å². The number of carbonyl (C=O) groups is 1. The fraction of sp³-hybridized carbons (Fsp3) is 0.357. The van der Waals surface area contributed by atoms with E-state index in [2.05, 4.69) is 10.3 Å². The van der Waals surface area contributed by atoms with Gasteiger partial charge in [0, 0.05) is 19.6 Å². The van der Waals surface area contributed by atoms with Crippen LogP contribution >= 0.6 is 0 Å². The molecule has 0 aliphatic carbocycles. The first-order valence-electron chi connectivity index (χ1n) is 6.73. The number of hydrogen-bond donors (Lipinski definition) is 1. The van der Waals surface area contributed by atoms with Crippen molar-refractivity contribution in [2.45, 2.75) is 26.6 Å². The van der Waals surface area contributed by atoms with Crippen molar-refractivity contribution in [1.82, 2.24) is 19.9 Å². The normalized spacial score (nSPS) is 10.6. The van der Waals surface area contributed by atoms with Crippen LogP contribution in [0.15, 0.2) is 30.5 Å². The molecule has 0 aliphatic heterocycles. The van der Waals surface area contributed by atoms with Crippen molar-refractivity contribution in [3.05, 3.63) is 47.5 Å². The van der Waals surface area contributed by atoms with Crippen molar-refractivity contribution in [3.8, 4) is 0 Å². The highest BCUT2D eigenvalue weighted by Gasteiger charge is 2.14. The highest BCUT2D eigenvalue weighted by atomic mass is 19.1. The third-order valence-electron chi connectivity index (χ3n) is 3.09. The highest BCUT2D eigenvalue weighted by Crippen LogP contribution is 2.08. The second-order valence-electron chi connectivity index (χ2n) is 4.65. The van der Waals surface area contributed by atoms with E-state index in [4.69, 9.17) is 5.73 Å². The molecule has 0 fully saturated rings. The molecule has 21 heavy (non-hydrogen) atoms. The van der Waals surface area contributed by atoms with Gasteiger partial charge in [0.25, 0.3) is 0 Å². The number of carbonyl (C=O) groups excluding carboxylic acids is 1. The van der Waals surface area contributed by atoms with Gasteiger partial charge in [0.2, 0.25) is 5.91 Å². The van der Waals surface area contributed by atoms with Crippen LogP contribution in [0.4, 0.5) is 4.39 Å². The van der Waals surface area contributed by atoms with Gasteiger partial charge in [0.05, 0.1) is 11.9 Å². The molecule has 7 heteroatoms. The van der Waals surface area contributed by atoms with Crippen LogP contribution in [0.1, 0.15) is 18.2 Å². The molecule has 6 nitrogen and oxygen atoms in total. The molecule has 0 aliphatic rings. The van der Waals surface area contributed by atoms with Gasteiger partial charge in [-0.2, -0.15) is 0 Å². The molecule has 2 N–H and O–H groups in total. The number of amides is 1. The zero-order chi connectivity index (χ0) is 15.2. The summed E-state index contributed by atoms with van der Waals surface area (Å²) in [6, 6.07) is 6.23. The van der Waals surface area contributed by atoms with E-state index < -0.39 is 0 Å². The topological polar surface area (TPSA) is 77.0 Å². The number of likely N-dealkylation sites (N-methyl/N-ethyl adjacent to an activating group) is 1. The van der Waals surface area contributed by atoms with Gasteiger partial charge in [-0.25, -0.2) is 9.07 Å². The standard InChI is InChI=1S/C14H18FN5O/c1-2-19(8-11-4-3-5-12(15)6-11)14(21)10-20-9-13(7-16)17-18-20/h3-6,9H,2,7-8,10,16H2,1H3. The summed E-state index contributed by atoms with van der Waals surface area (Å²) in [4.78, 5) is 13.9. The Morgan fingerprint density at radius 1 is 1.48 bits per heavy atom. The van der Waals surface area contributed by atoms with E-state index >= 15 is 0 Å². The van der Waals surface area contributed by atoms with Gasteiger partial charge < -0.3 is 10.6 Å². The summed E-state index contributed by atoms with van der Waals surface area (Å²) in [5.41, 5.74) is 6.84. The zero-order valence-corrected chi connectivity index (χ0v) is 11.9. The number of benzene rings is 1. The number of rotatable bonds is 6. The van der Waals surface area contributed by atoms with Gasteiger partial charge in [-0.15, -0.1) is 5.10 Å². The summed E-state index contributed by atoms with van der Waals surface area (Å²) in [5, 5.41) is 7.68. The smallest absolute Gasteiger partial charge is 0.244 e. The number of aromatic nitrogens is 3. The van der Waals surface area contributed by atoms with Crippen molar-refractivity contribution in [1.29, 1.82) is 0 Å². The molecule has 2 aromatic rings. The summed E-state index contributed by atoms with van der Waals surface area (Å²) >= 11 is 0. The molecule has 0 saturated heterocycles. The maximum atomic E-state index is 13.2. The van der Waals surface area contributed by atoms with Gasteiger partial charge in [-0.1, -0.05) is 17.3 Å². The number of nitrogens with two attached hydrogens (primary N) is 1. The first-order valence-corrected chi connectivity index (χ1v) is 6.73. The SMILES string of the molecule is CCN(Cc1cccc(F)c1)C(=O)Cn1cc(CN)nn1. The van der Waals surface area contributed by atoms with Crippen molar-refractivity contribution in [2.24, 2.45) is 5.73 Å². The van der Waals surface area contributed by atoms with Crippen LogP contribution < -0.4 is 5.73 Å². The minimum atomic E-state index is -0.306. The number of halogens is 1. The summed E-state index contributed by atoms with van der Waals surface area (Å²) in [6.45, 7) is 3.16. The van der Waals surface area contributed by atoms with E-state index in [0.717, 1.165) is 5.56 Å². The minimum Gasteiger partial charge on any atom is -0.337 e. The Morgan fingerprint density at radius 3 is 2.90 bits per heavy atom. The van der Waals surface area contributed by atoms with Crippen LogP contribution in [-0.4, -0.2) is 32.3 Å². The molecule has 0 saturated carbocycles. The van der Waals surface area contributed by atoms with Crippen LogP contribution in [0.3, 0.4) is 0 Å². The maximum absolute atomic E-state index is 13.2. The quantitative estimate of drug-likeness (QED) is 0.858. The molecule has 0 unspecified atom stereocenters. The van der Waals surface area contributed by atoms with Crippen LogP contribution in [0.25, 0.3) is 0 Å². The average molecular weight is 291 g/mol. The lowest BCUT2D eigenvalue weighted by Crippen LogP contribution is -2.33. The second-order valence-corrected chi connectivity index (χ2v) is 4.65. The molecule has 0 bridgehead atoms. The second kappa shape index (κ2) is 6.94. The molecular weight excluding hydrogens is 273 g/mol. The van der Waals surface area contributed by atoms with Gasteiger partial charge in [0.1, 0.15) is 12.4 Å². The largest absolute Gasteiger partial charge is 0.337 e. The highest BCUT2D eigenvalue weighted by molar-refractivity contribution is 5.75. The van der Waals surface area contributed by atoms with E-state index in [1.165, 1.54) is 16.8 Å². The lowest BCUT2D eigenvalue weighted by Gasteiger charge is -2.20. The molecule has 0 spiro atoms. The predicted octanol–water partition coefficient (Wildman–Crippen LogP) is 0.925. The van der Waals surface area contributed by atoms with Crippen LogP contribution in [0.2, 0.25) is 0 Å². The number of nitrogens with zero attached hydrogens (tertiary/aromatic N) is 4. The third kappa shape index (κ3) is 4.09. The van der Waals surface area contributed by atoms with E-state index in [-0.39, 0.29) is 24.8 Å². The molecule has 1 aromatic carbocycles. The lowest BCUT2D eigenvalue weighted by molar-refractivity contribution is -0.132. The molecule has 2 rings (SSSR count). The van der Waals surface area contributed by atoms with E-state index in [0.29, 0.717) is 18.8 Å². The first kappa shape index (κ1) is 15.1. The summed E-state index contributed by atoms with van der Waals surface area (Å²) < 4.78 is 14.6. The summed E-state index contributed by atoms with van der Waals surface area (Å²) in [6.07, 6.45) is 1.65. The molecule has 0 atom stereocenters. The average Bonchev–Trinajstić information content (AvgIpc) is 2.92. The Labute approximate surface area is 122 Å². The van der Waals surface area contributed by atoms with E-state index in [9.17, 15) is 9.18 Å². The van der Waals surface area contributed by atoms with Crippen LogP contribution in [-0.2, 0) is 24.4 Å². The molecule has 1 amide bonds. The monoisotopic (exact) mass is 291 g/mol. The third-order valence-corrected chi connectivity index (χ3v) is 3.09. The van der Waals surface area contributed by atoms with E-state index in [1.54, 1.807) is 23.2 Å². The van der Waals surface area contributed by atoms with Gasteiger partial charge in [-0.05, 0) is 24.6 Å². The molecule has 0 radical (unpaired) electrons. The Balaban J connectivity index is 2.01. The fourth-order valence-corrected chi connectivity index (χ4v) is 1.98. The maximum Gasteiger partial charge on any atom is 0.244 e.